The number of ether oxygens (including phenoxy) is 1. The number of quaternary nitrogens is 1. The zero-order valence-corrected chi connectivity index (χ0v) is 22.9. The fraction of sp³-hybridized carbons (Fsp3) is 0.261. The third-order valence-electron chi connectivity index (χ3n) is 6.36. The number of esters is 1. The van der Waals surface area contributed by atoms with Crippen molar-refractivity contribution in [3.8, 4) is 0 Å². The van der Waals surface area contributed by atoms with Crippen molar-refractivity contribution in [3.05, 3.63) is 56.5 Å². The van der Waals surface area contributed by atoms with E-state index in [4.69, 9.17) is 33.0 Å². The number of aromatic nitrogens is 1. The van der Waals surface area contributed by atoms with Crippen molar-refractivity contribution in [1.82, 2.24) is 4.48 Å². The van der Waals surface area contributed by atoms with Crippen LogP contribution in [0.3, 0.4) is 0 Å². The number of thioether (sulfide) groups is 1. The van der Waals surface area contributed by atoms with Crippen LogP contribution >= 0.6 is 46.3 Å². The maximum atomic E-state index is 12.4. The predicted molar refractivity (Wildman–Crippen MR) is 142 cm³/mol. The molecule has 1 spiro atoms. The number of carbonyl (C=O) groups is 2. The summed E-state index contributed by atoms with van der Waals surface area (Å²) < 4.78 is 42.6. The second kappa shape index (κ2) is 9.84. The summed E-state index contributed by atoms with van der Waals surface area (Å²) in [6.45, 7) is 0.264. The largest absolute Gasteiger partial charge is 0.481 e. The van der Waals surface area contributed by atoms with Crippen LogP contribution in [0.4, 0.5) is 5.69 Å². The van der Waals surface area contributed by atoms with Crippen molar-refractivity contribution in [2.45, 2.75) is 36.3 Å². The van der Waals surface area contributed by atoms with Crippen molar-refractivity contribution in [2.75, 3.05) is 6.54 Å². The Labute approximate surface area is 230 Å². The van der Waals surface area contributed by atoms with E-state index in [1.807, 2.05) is 18.2 Å². The molecule has 194 valence electrons. The number of benzene rings is 2. The molecule has 2 unspecified atom stereocenters. The average Bonchev–Trinajstić information content (AvgIpc) is 3.29. The maximum absolute atomic E-state index is 12.4. The molecule has 14 heteroatoms. The van der Waals surface area contributed by atoms with Gasteiger partial charge in [-0.2, -0.15) is 8.42 Å². The molecule has 0 radical (unpaired) electrons. The van der Waals surface area contributed by atoms with E-state index in [0.29, 0.717) is 37.8 Å². The van der Waals surface area contributed by atoms with Crippen molar-refractivity contribution in [3.63, 3.8) is 0 Å². The first-order valence-corrected chi connectivity index (χ1v) is 14.9. The molecule has 2 aliphatic heterocycles. The van der Waals surface area contributed by atoms with Crippen LogP contribution in [0, 0.1) is 0 Å². The topological polar surface area (TPSA) is 122 Å². The van der Waals surface area contributed by atoms with Crippen LogP contribution in [-0.2, 0) is 31.2 Å². The molecule has 1 saturated heterocycles. The number of aliphatic carboxylic acids is 1. The molecule has 1 fully saturated rings. The van der Waals surface area contributed by atoms with Crippen molar-refractivity contribution >= 4 is 90.3 Å². The van der Waals surface area contributed by atoms with E-state index in [0.717, 1.165) is 9.60 Å². The van der Waals surface area contributed by atoms with Gasteiger partial charge in [-0.3, -0.25) is 14.1 Å². The monoisotopic (exact) mass is 602 g/mol. The number of carboxylic acid groups (broad SMARTS) is 1. The Bertz CT molecular complexity index is 1590. The number of carbonyl (C=O) groups excluding carboxylic acids is 1. The molecule has 37 heavy (non-hydrogen) atoms. The Morgan fingerprint density at radius 1 is 1.16 bits per heavy atom. The van der Waals surface area contributed by atoms with Crippen LogP contribution < -0.4 is 9.05 Å². The summed E-state index contributed by atoms with van der Waals surface area (Å²) in [5.41, 5.74) is 1.40. The van der Waals surface area contributed by atoms with Gasteiger partial charge in [-0.05, 0) is 36.0 Å². The zero-order chi connectivity index (χ0) is 26.5. The van der Waals surface area contributed by atoms with E-state index in [2.05, 4.69) is 0 Å². The predicted octanol–water partition coefficient (Wildman–Crippen LogP) is 4.89. The minimum atomic E-state index is -4.38. The molecule has 0 aliphatic carbocycles. The standard InChI is InChI=1S/C23H18Cl2N2O7S3/c24-13-1-3-17-15(9-13)26(12-34-23(30)6-5-22(28)29)19(35-17)11-20-27(8-7-21(27)37(31,32)33)16-10-14(25)2-4-18(16)36-20/h1-4,9-11,21H,5-8,12H2/p+2. The Balaban J connectivity index is 1.60. The fourth-order valence-electron chi connectivity index (χ4n) is 4.58. The fourth-order valence-corrected chi connectivity index (χ4v) is 8.65. The lowest BCUT2D eigenvalue weighted by Gasteiger charge is -2.47. The summed E-state index contributed by atoms with van der Waals surface area (Å²) >= 11 is 15.3. The summed E-state index contributed by atoms with van der Waals surface area (Å²) in [5.74, 6) is -1.76. The van der Waals surface area contributed by atoms with E-state index >= 15 is 0 Å². The van der Waals surface area contributed by atoms with Crippen molar-refractivity contribution in [1.29, 1.82) is 0 Å². The molecule has 3 heterocycles. The molecule has 5 rings (SSSR count). The third kappa shape index (κ3) is 4.87. The Morgan fingerprint density at radius 2 is 1.89 bits per heavy atom. The Kier molecular flexibility index (Phi) is 7.03. The third-order valence-corrected chi connectivity index (χ3v) is 10.4. The van der Waals surface area contributed by atoms with Crippen LogP contribution in [0.5, 0.6) is 0 Å². The van der Waals surface area contributed by atoms with E-state index in [9.17, 15) is 22.6 Å². The quantitative estimate of drug-likeness (QED) is 0.170. The second-order valence-corrected chi connectivity index (χ2v) is 13.1. The molecule has 0 amide bonds. The van der Waals surface area contributed by atoms with Crippen LogP contribution in [0.15, 0.2) is 46.3 Å². The molecular formula is C23H20Cl2N2O7S3+2. The molecule has 2 N–H and O–H groups in total. The van der Waals surface area contributed by atoms with Gasteiger partial charge in [-0.1, -0.05) is 34.5 Å². The van der Waals surface area contributed by atoms with Crippen LogP contribution in [0.2, 0.25) is 10.0 Å². The van der Waals surface area contributed by atoms with Crippen LogP contribution in [-0.4, -0.2) is 41.9 Å². The summed E-state index contributed by atoms with van der Waals surface area (Å²) in [6, 6.07) is 10.6. The molecule has 2 aliphatic rings. The summed E-state index contributed by atoms with van der Waals surface area (Å²) in [5, 5.41) is 10.0. The number of hydrogen-bond donors (Lipinski definition) is 2. The Hall–Kier alpha value is -2.19. The number of hydrogen-bond acceptors (Lipinski definition) is 7. The molecule has 3 aromatic rings. The summed E-state index contributed by atoms with van der Waals surface area (Å²) in [7, 11) is -4.38. The minimum absolute atomic E-state index is 0.0766. The number of halogens is 2. The molecular weight excluding hydrogens is 583 g/mol. The first kappa shape index (κ1) is 26.4. The zero-order valence-electron chi connectivity index (χ0n) is 19.0. The second-order valence-electron chi connectivity index (χ2n) is 8.57. The SMILES string of the molecule is O=C(O)CCC(=O)OC[n+]1c(C=C2Sc3ccc(Cl)cc3[N+]23CCC3S(=O)(=O)O)sc2ccc(Cl)cc21. The molecule has 2 aromatic carbocycles. The number of rotatable bonds is 7. The lowest BCUT2D eigenvalue weighted by molar-refractivity contribution is -0.701. The van der Waals surface area contributed by atoms with Gasteiger partial charge in [0.25, 0.3) is 11.7 Å². The van der Waals surface area contributed by atoms with Gasteiger partial charge < -0.3 is 9.84 Å². The molecule has 1 aromatic heterocycles. The highest BCUT2D eigenvalue weighted by Crippen LogP contribution is 2.58. The van der Waals surface area contributed by atoms with Crippen LogP contribution in [0.25, 0.3) is 16.3 Å². The molecule has 0 bridgehead atoms. The lowest BCUT2D eigenvalue weighted by Crippen LogP contribution is -2.66. The smallest absolute Gasteiger partial charge is 0.320 e. The van der Waals surface area contributed by atoms with Gasteiger partial charge in [0.05, 0.1) is 36.8 Å². The van der Waals surface area contributed by atoms with Gasteiger partial charge in [-0.15, -0.1) is 4.57 Å². The van der Waals surface area contributed by atoms with E-state index in [1.54, 1.807) is 28.8 Å². The van der Waals surface area contributed by atoms with E-state index in [-0.39, 0.29) is 30.5 Å². The van der Waals surface area contributed by atoms with Crippen molar-refractivity contribution in [2.24, 2.45) is 0 Å². The van der Waals surface area contributed by atoms with Gasteiger partial charge in [-0.25, -0.2) is 4.48 Å². The van der Waals surface area contributed by atoms with Gasteiger partial charge in [0.2, 0.25) is 10.9 Å². The highest BCUT2D eigenvalue weighted by atomic mass is 35.5. The van der Waals surface area contributed by atoms with Gasteiger partial charge >= 0.3 is 22.1 Å². The van der Waals surface area contributed by atoms with Gasteiger partial charge in [0.15, 0.2) is 10.7 Å². The minimum Gasteiger partial charge on any atom is -0.481 e. The van der Waals surface area contributed by atoms with Gasteiger partial charge in [0, 0.05) is 22.2 Å². The molecule has 9 nitrogen and oxygen atoms in total. The number of nitrogens with zero attached hydrogens (tertiary/aromatic N) is 2. The average molecular weight is 604 g/mol. The highest BCUT2D eigenvalue weighted by Gasteiger charge is 2.62. The normalized spacial score (nSPS) is 21.8. The van der Waals surface area contributed by atoms with E-state index < -0.39 is 27.4 Å². The lowest BCUT2D eigenvalue weighted by atomic mass is 10.1. The van der Waals surface area contributed by atoms with Crippen molar-refractivity contribution < 1.29 is 37.0 Å². The van der Waals surface area contributed by atoms with E-state index in [1.165, 1.54) is 23.1 Å². The van der Waals surface area contributed by atoms with Gasteiger partial charge in [0.1, 0.15) is 4.70 Å². The summed E-state index contributed by atoms with van der Waals surface area (Å²) in [6.07, 6.45) is 1.51. The number of thiazole rings is 1. The first-order valence-electron chi connectivity index (χ1n) is 11.0. The first-order chi connectivity index (χ1) is 17.5. The maximum Gasteiger partial charge on any atom is 0.320 e. The summed E-state index contributed by atoms with van der Waals surface area (Å²) in [4.78, 5) is 23.8. The number of fused-ring (bicyclic) bond motifs is 3. The highest BCUT2D eigenvalue weighted by molar-refractivity contribution is 8.03. The van der Waals surface area contributed by atoms with Crippen LogP contribution in [0.1, 0.15) is 24.3 Å². The Morgan fingerprint density at radius 3 is 2.57 bits per heavy atom. The molecule has 2 atom stereocenters. The molecule has 0 saturated carbocycles. The number of carboxylic acids is 1.